The van der Waals surface area contributed by atoms with Gasteiger partial charge in [-0.05, 0) is 44.2 Å². The Morgan fingerprint density at radius 3 is 2.65 bits per heavy atom. The summed E-state index contributed by atoms with van der Waals surface area (Å²) in [6.45, 7) is 9.60. The van der Waals surface area contributed by atoms with Crippen LogP contribution in [0.5, 0.6) is 5.75 Å². The Kier molecular flexibility index (Phi) is 5.36. The first-order valence-corrected chi connectivity index (χ1v) is 7.35. The van der Waals surface area contributed by atoms with Crippen LogP contribution in [0.2, 0.25) is 0 Å². The number of hydrogen-bond acceptors (Lipinski definition) is 3. The molecule has 23 heavy (non-hydrogen) atoms. The monoisotopic (exact) mass is 311 g/mol. The first kappa shape index (κ1) is 16.5. The average Bonchev–Trinajstić information content (AvgIpc) is 2.80. The Hall–Kier alpha value is -2.82. The molecule has 2 aromatic rings. The minimum absolute atomic E-state index is 0.190. The molecule has 0 aliphatic carbocycles. The van der Waals surface area contributed by atoms with Crippen molar-refractivity contribution in [3.63, 3.8) is 0 Å². The lowest BCUT2D eigenvalue weighted by molar-refractivity contribution is -0.118. The molecule has 1 aromatic carbocycles. The quantitative estimate of drug-likeness (QED) is 0.506. The van der Waals surface area contributed by atoms with Gasteiger partial charge in [0.15, 0.2) is 0 Å². The van der Waals surface area contributed by atoms with E-state index in [2.05, 4.69) is 21.7 Å². The van der Waals surface area contributed by atoms with Crippen molar-refractivity contribution in [1.82, 2.24) is 9.99 Å². The maximum absolute atomic E-state index is 10.9. The number of nitrogens with one attached hydrogen (secondary N) is 1. The minimum atomic E-state index is -0.190. The summed E-state index contributed by atoms with van der Waals surface area (Å²) >= 11 is 0. The molecule has 5 heteroatoms. The molecule has 0 spiro atoms. The highest BCUT2D eigenvalue weighted by Gasteiger charge is 2.09. The number of ether oxygens (including phenoxy) is 1. The van der Waals surface area contributed by atoms with Crippen LogP contribution in [0.1, 0.15) is 23.9 Å². The van der Waals surface area contributed by atoms with Crippen LogP contribution < -0.4 is 10.2 Å². The average molecular weight is 311 g/mol. The fourth-order valence-corrected chi connectivity index (χ4v) is 2.35. The van der Waals surface area contributed by atoms with Gasteiger partial charge in [0.2, 0.25) is 5.91 Å². The van der Waals surface area contributed by atoms with Gasteiger partial charge in [0.05, 0.1) is 6.21 Å². The van der Waals surface area contributed by atoms with Crippen molar-refractivity contribution in [2.24, 2.45) is 5.10 Å². The summed E-state index contributed by atoms with van der Waals surface area (Å²) in [5.41, 5.74) is 6.56. The zero-order valence-electron chi connectivity index (χ0n) is 13.7. The van der Waals surface area contributed by atoms with E-state index in [1.165, 1.54) is 6.92 Å². The molecular formula is C18H21N3O2. The number of hydrazone groups is 1. The van der Waals surface area contributed by atoms with Crippen molar-refractivity contribution in [2.45, 2.75) is 20.8 Å². The normalized spacial score (nSPS) is 10.7. The molecule has 0 saturated carbocycles. The Bertz CT molecular complexity index is 727. The number of carbonyl (C=O) groups excluding carboxylic acids is 1. The second kappa shape index (κ2) is 7.45. The number of carbonyl (C=O) groups is 1. The van der Waals surface area contributed by atoms with Crippen LogP contribution in [0.15, 0.2) is 48.1 Å². The van der Waals surface area contributed by atoms with Gasteiger partial charge in [-0.15, -0.1) is 0 Å². The van der Waals surface area contributed by atoms with Crippen molar-refractivity contribution < 1.29 is 9.53 Å². The summed E-state index contributed by atoms with van der Waals surface area (Å²) in [7, 11) is 0. The van der Waals surface area contributed by atoms with E-state index < -0.39 is 0 Å². The topological polar surface area (TPSA) is 55.6 Å². The zero-order valence-corrected chi connectivity index (χ0v) is 13.7. The number of amides is 1. The fraction of sp³-hybridized carbons (Fsp3) is 0.222. The van der Waals surface area contributed by atoms with Gasteiger partial charge < -0.3 is 9.30 Å². The van der Waals surface area contributed by atoms with Crippen molar-refractivity contribution in [1.29, 1.82) is 0 Å². The predicted octanol–water partition coefficient (Wildman–Crippen LogP) is 3.13. The number of nitrogens with zero attached hydrogens (tertiary/aromatic N) is 2. The largest absolute Gasteiger partial charge is 0.490 e. The van der Waals surface area contributed by atoms with E-state index in [0.29, 0.717) is 6.61 Å². The Morgan fingerprint density at radius 1 is 1.35 bits per heavy atom. The van der Waals surface area contributed by atoms with E-state index in [9.17, 15) is 4.79 Å². The lowest BCUT2D eigenvalue weighted by Crippen LogP contribution is -2.12. The van der Waals surface area contributed by atoms with Gasteiger partial charge >= 0.3 is 0 Å². The van der Waals surface area contributed by atoms with Crippen LogP contribution in [-0.4, -0.2) is 23.3 Å². The van der Waals surface area contributed by atoms with Gasteiger partial charge in [-0.1, -0.05) is 12.7 Å². The SMILES string of the molecule is C=CCOc1ccc(-n2c(C)cc(/C=N\NC(C)=O)c2C)cc1. The number of aryl methyl sites for hydroxylation is 1. The molecule has 0 bridgehead atoms. The van der Waals surface area contributed by atoms with Crippen LogP contribution in [-0.2, 0) is 4.79 Å². The number of benzene rings is 1. The Labute approximate surface area is 136 Å². The predicted molar refractivity (Wildman–Crippen MR) is 92.3 cm³/mol. The molecule has 0 aliphatic heterocycles. The third-order valence-corrected chi connectivity index (χ3v) is 3.36. The standard InChI is InChI=1S/C18H21N3O2/c1-5-10-23-18-8-6-17(7-9-18)21-13(2)11-16(14(21)3)12-19-20-15(4)22/h5-9,11-12H,1,10H2,2-4H3,(H,20,22)/b19-12-. The molecule has 0 atom stereocenters. The van der Waals surface area contributed by atoms with Crippen molar-refractivity contribution >= 4 is 12.1 Å². The van der Waals surface area contributed by atoms with E-state index >= 15 is 0 Å². The molecule has 2 rings (SSSR count). The molecule has 1 aromatic heterocycles. The minimum Gasteiger partial charge on any atom is -0.490 e. The van der Waals surface area contributed by atoms with Crippen LogP contribution >= 0.6 is 0 Å². The molecule has 5 nitrogen and oxygen atoms in total. The van der Waals surface area contributed by atoms with Crippen LogP contribution in [0.4, 0.5) is 0 Å². The number of hydrogen-bond donors (Lipinski definition) is 1. The molecule has 1 heterocycles. The smallest absolute Gasteiger partial charge is 0.236 e. The second-order valence-corrected chi connectivity index (χ2v) is 5.18. The summed E-state index contributed by atoms with van der Waals surface area (Å²) in [6, 6.07) is 9.91. The zero-order chi connectivity index (χ0) is 16.8. The third kappa shape index (κ3) is 4.10. The van der Waals surface area contributed by atoms with E-state index in [-0.39, 0.29) is 5.91 Å². The van der Waals surface area contributed by atoms with E-state index in [4.69, 9.17) is 4.74 Å². The molecule has 0 aliphatic rings. The lowest BCUT2D eigenvalue weighted by Gasteiger charge is -2.11. The highest BCUT2D eigenvalue weighted by Crippen LogP contribution is 2.22. The Balaban J connectivity index is 2.25. The van der Waals surface area contributed by atoms with Crippen LogP contribution in [0.25, 0.3) is 5.69 Å². The van der Waals surface area contributed by atoms with E-state index in [1.807, 2.05) is 44.2 Å². The van der Waals surface area contributed by atoms with E-state index in [1.54, 1.807) is 12.3 Å². The fourth-order valence-electron chi connectivity index (χ4n) is 2.35. The third-order valence-electron chi connectivity index (χ3n) is 3.36. The Morgan fingerprint density at radius 2 is 2.04 bits per heavy atom. The van der Waals surface area contributed by atoms with Crippen molar-refractivity contribution in [3.8, 4) is 11.4 Å². The van der Waals surface area contributed by atoms with Crippen LogP contribution in [0, 0.1) is 13.8 Å². The molecule has 120 valence electrons. The second-order valence-electron chi connectivity index (χ2n) is 5.18. The van der Waals surface area contributed by atoms with Gasteiger partial charge in [0.1, 0.15) is 12.4 Å². The maximum atomic E-state index is 10.9. The molecule has 0 saturated heterocycles. The first-order valence-electron chi connectivity index (χ1n) is 7.35. The molecule has 0 radical (unpaired) electrons. The summed E-state index contributed by atoms with van der Waals surface area (Å²) < 4.78 is 7.63. The summed E-state index contributed by atoms with van der Waals surface area (Å²) in [6.07, 6.45) is 3.37. The van der Waals surface area contributed by atoms with Crippen LogP contribution in [0.3, 0.4) is 0 Å². The molecular weight excluding hydrogens is 290 g/mol. The van der Waals surface area contributed by atoms with Gasteiger partial charge in [0, 0.05) is 29.6 Å². The summed E-state index contributed by atoms with van der Waals surface area (Å²) in [5.74, 6) is 0.619. The number of aromatic nitrogens is 1. The molecule has 1 amide bonds. The van der Waals surface area contributed by atoms with E-state index in [0.717, 1.165) is 28.4 Å². The van der Waals surface area contributed by atoms with Crippen molar-refractivity contribution in [2.75, 3.05) is 6.61 Å². The molecule has 0 unspecified atom stereocenters. The molecule has 1 N–H and O–H groups in total. The van der Waals surface area contributed by atoms with Gasteiger partial charge in [-0.25, -0.2) is 5.43 Å². The maximum Gasteiger partial charge on any atom is 0.236 e. The first-order chi connectivity index (χ1) is 11.0. The lowest BCUT2D eigenvalue weighted by atomic mass is 10.2. The van der Waals surface area contributed by atoms with Gasteiger partial charge in [0.25, 0.3) is 0 Å². The summed E-state index contributed by atoms with van der Waals surface area (Å²) in [4.78, 5) is 10.9. The van der Waals surface area contributed by atoms with Crippen molar-refractivity contribution in [3.05, 3.63) is 59.9 Å². The molecule has 0 fully saturated rings. The van der Waals surface area contributed by atoms with Gasteiger partial charge in [-0.2, -0.15) is 5.10 Å². The highest BCUT2D eigenvalue weighted by atomic mass is 16.5. The number of rotatable bonds is 6. The highest BCUT2D eigenvalue weighted by molar-refractivity contribution is 5.83. The van der Waals surface area contributed by atoms with Gasteiger partial charge in [-0.3, -0.25) is 4.79 Å². The summed E-state index contributed by atoms with van der Waals surface area (Å²) in [5, 5.41) is 3.93.